The van der Waals surface area contributed by atoms with Crippen molar-refractivity contribution >= 4 is 31.1 Å². The molecule has 0 radical (unpaired) electrons. The summed E-state index contributed by atoms with van der Waals surface area (Å²) in [5.74, 6) is 0.238. The van der Waals surface area contributed by atoms with Crippen molar-refractivity contribution in [3.63, 3.8) is 0 Å². The van der Waals surface area contributed by atoms with Crippen LogP contribution in [0.15, 0.2) is 36.4 Å². The number of benzene rings is 2. The van der Waals surface area contributed by atoms with Crippen LogP contribution in [0.3, 0.4) is 0 Å². The fourth-order valence-corrected chi connectivity index (χ4v) is 3.10. The van der Waals surface area contributed by atoms with Crippen molar-refractivity contribution in [2.24, 2.45) is 0 Å². The summed E-state index contributed by atoms with van der Waals surface area (Å²) in [6.45, 7) is 6.16. The number of hydrogen-bond donors (Lipinski definition) is 3. The molecule has 4 rings (SSSR count). The number of ether oxygens (including phenoxy) is 2. The maximum Gasteiger partial charge on any atom is 0.491 e. The minimum Gasteiger partial charge on any atom is -0.508 e. The Labute approximate surface area is 188 Å². The van der Waals surface area contributed by atoms with E-state index in [2.05, 4.69) is 0 Å². The molecule has 0 atom stereocenters. The number of halogens is 1. The molecule has 2 aromatic rings. The van der Waals surface area contributed by atoms with Crippen LogP contribution >= 0.6 is 0 Å². The molecule has 0 unspecified atom stereocenters. The number of aromatic hydroxyl groups is 1. The maximum atomic E-state index is 11.7. The molecule has 0 saturated heterocycles. The van der Waals surface area contributed by atoms with Crippen LogP contribution < -0.4 is 15.7 Å². The second-order valence-corrected chi connectivity index (χ2v) is 7.40. The van der Waals surface area contributed by atoms with Gasteiger partial charge in [0.05, 0.1) is 28.3 Å². The largest absolute Gasteiger partial charge is 0.508 e. The third-order valence-corrected chi connectivity index (χ3v) is 4.71. The van der Waals surface area contributed by atoms with Gasteiger partial charge in [-0.05, 0) is 67.1 Å². The van der Waals surface area contributed by atoms with Gasteiger partial charge in [-0.25, -0.2) is 4.79 Å². The van der Waals surface area contributed by atoms with Gasteiger partial charge in [-0.1, -0.05) is 12.1 Å². The molecule has 2 aliphatic heterocycles. The molecule has 8 nitrogen and oxygen atoms in total. The van der Waals surface area contributed by atoms with Crippen LogP contribution in [0.4, 0.5) is 4.39 Å². The van der Waals surface area contributed by atoms with Gasteiger partial charge in [0.2, 0.25) is 0 Å². The lowest BCUT2D eigenvalue weighted by molar-refractivity contribution is -0.158. The molecule has 172 valence electrons. The Balaban J connectivity index is 0.000000231. The van der Waals surface area contributed by atoms with E-state index in [9.17, 15) is 19.2 Å². The SMILES string of the molecule is CCOC(=O)C(C)(C)Oc1ccc2c(c1)B(O)OC2.OB1OCc2ccc(O)cc21.[2H]CF. The topological polar surface area (TPSA) is 115 Å². The number of alkyl halides is 1. The molecule has 11 heteroatoms. The monoisotopic (exact) mass is 449 g/mol. The van der Waals surface area contributed by atoms with Gasteiger partial charge in [0.25, 0.3) is 0 Å². The van der Waals surface area contributed by atoms with E-state index in [0.29, 0.717) is 36.5 Å². The molecule has 0 aliphatic carbocycles. The van der Waals surface area contributed by atoms with E-state index in [1.165, 1.54) is 6.07 Å². The number of phenols is 1. The molecule has 32 heavy (non-hydrogen) atoms. The van der Waals surface area contributed by atoms with E-state index < -0.39 is 33.0 Å². The molecule has 2 heterocycles. The van der Waals surface area contributed by atoms with Gasteiger partial charge in [0.1, 0.15) is 11.5 Å². The number of phenolic OH excluding ortho intramolecular Hbond substituents is 1. The summed E-state index contributed by atoms with van der Waals surface area (Å²) in [6.07, 6.45) is 0. The number of esters is 1. The van der Waals surface area contributed by atoms with E-state index in [1.54, 1.807) is 45.0 Å². The number of carbonyl (C=O) groups excluding carboxylic acids is 1. The first-order valence-corrected chi connectivity index (χ1v) is 9.88. The van der Waals surface area contributed by atoms with E-state index in [0.717, 1.165) is 11.1 Å². The molecule has 0 amide bonds. The van der Waals surface area contributed by atoms with Gasteiger partial charge in [-0.3, -0.25) is 4.39 Å². The molecule has 0 bridgehead atoms. The zero-order chi connectivity index (χ0) is 24.6. The van der Waals surface area contributed by atoms with Crippen LogP contribution in [-0.2, 0) is 32.1 Å². The number of carbonyl (C=O) groups is 1. The minimum atomic E-state index is -1.07. The Kier molecular flexibility index (Phi) is 8.52. The highest BCUT2D eigenvalue weighted by atomic mass is 19.1. The first-order valence-electron chi connectivity index (χ1n) is 10.6. The average Bonchev–Trinajstić information content (AvgIpc) is 3.31. The van der Waals surface area contributed by atoms with Crippen molar-refractivity contribution in [3.8, 4) is 11.5 Å². The fourth-order valence-electron chi connectivity index (χ4n) is 3.10. The van der Waals surface area contributed by atoms with Gasteiger partial charge < -0.3 is 33.9 Å². The Morgan fingerprint density at radius 1 is 1.12 bits per heavy atom. The second kappa shape index (κ2) is 11.3. The smallest absolute Gasteiger partial charge is 0.491 e. The third-order valence-electron chi connectivity index (χ3n) is 4.71. The predicted octanol–water partition coefficient (Wildman–Crippen LogP) is 0.820. The molecular weight excluding hydrogens is 421 g/mol. The van der Waals surface area contributed by atoms with Gasteiger partial charge in [-0.15, -0.1) is 0 Å². The first kappa shape index (κ1) is 24.1. The quantitative estimate of drug-likeness (QED) is 0.465. The highest BCUT2D eigenvalue weighted by Gasteiger charge is 2.33. The van der Waals surface area contributed by atoms with Gasteiger partial charge in [-0.2, -0.15) is 0 Å². The second-order valence-electron chi connectivity index (χ2n) is 7.40. The lowest BCUT2D eigenvalue weighted by Crippen LogP contribution is -2.40. The maximum absolute atomic E-state index is 11.7. The van der Waals surface area contributed by atoms with Crippen LogP contribution in [-0.4, -0.2) is 54.7 Å². The highest BCUT2D eigenvalue weighted by Crippen LogP contribution is 2.22. The summed E-state index contributed by atoms with van der Waals surface area (Å²) in [7, 11) is -2.79. The molecule has 0 fully saturated rings. The van der Waals surface area contributed by atoms with E-state index in [4.69, 9.17) is 25.3 Å². The summed E-state index contributed by atoms with van der Waals surface area (Å²) in [5, 5.41) is 27.8. The van der Waals surface area contributed by atoms with Crippen LogP contribution in [0.5, 0.6) is 11.5 Å². The van der Waals surface area contributed by atoms with Crippen LogP contribution in [0.1, 0.15) is 33.3 Å². The highest BCUT2D eigenvalue weighted by molar-refractivity contribution is 6.62. The summed E-state index contributed by atoms with van der Waals surface area (Å²) < 4.78 is 36.1. The van der Waals surface area contributed by atoms with Gasteiger partial charge in [0, 0.05) is 0 Å². The van der Waals surface area contributed by atoms with E-state index >= 15 is 0 Å². The zero-order valence-corrected chi connectivity index (χ0v) is 18.2. The standard InChI is InChI=1S/C13H17BO5.C7H7BO3.CH3F/c1-4-17-12(15)13(2,3)19-10-6-5-9-8-18-14(16)11(9)7-10;9-6-2-1-5-4-11-8(10)7(5)3-6;1-2/h5-7,16H,4,8H2,1-3H3;1-3,9-10H,4H2;1H3/i;;1D. The summed E-state index contributed by atoms with van der Waals surface area (Å²) in [5.41, 5.74) is 2.14. The molecular formula is C21H27B2FO8. The van der Waals surface area contributed by atoms with Crippen molar-refractivity contribution in [2.45, 2.75) is 39.6 Å². The van der Waals surface area contributed by atoms with Crippen LogP contribution in [0, 0.1) is 0 Å². The first-order chi connectivity index (χ1) is 15.6. The van der Waals surface area contributed by atoms with Crippen molar-refractivity contribution in [1.29, 1.82) is 0 Å². The van der Waals surface area contributed by atoms with Crippen molar-refractivity contribution in [2.75, 3.05) is 13.8 Å². The fraction of sp³-hybridized carbons (Fsp3) is 0.381. The molecule has 0 aromatic heterocycles. The Bertz CT molecular complexity index is 946. The number of fused-ring (bicyclic) bond motifs is 2. The van der Waals surface area contributed by atoms with Crippen LogP contribution in [0.2, 0.25) is 0 Å². The van der Waals surface area contributed by atoms with Gasteiger partial charge in [0.15, 0.2) is 5.60 Å². The lowest BCUT2D eigenvalue weighted by atomic mass is 9.79. The van der Waals surface area contributed by atoms with Crippen molar-refractivity contribution in [3.05, 3.63) is 47.5 Å². The normalized spacial score (nSPS) is 14.2. The van der Waals surface area contributed by atoms with Crippen molar-refractivity contribution in [1.82, 2.24) is 0 Å². The molecule has 3 N–H and O–H groups in total. The van der Waals surface area contributed by atoms with Crippen LogP contribution in [0.25, 0.3) is 0 Å². The Morgan fingerprint density at radius 2 is 1.66 bits per heavy atom. The average molecular weight is 449 g/mol. The van der Waals surface area contributed by atoms with E-state index in [1.807, 2.05) is 6.07 Å². The van der Waals surface area contributed by atoms with E-state index in [-0.39, 0.29) is 5.75 Å². The number of hydrogen-bond acceptors (Lipinski definition) is 8. The molecule has 0 spiro atoms. The summed E-state index contributed by atoms with van der Waals surface area (Å²) >= 11 is 0. The summed E-state index contributed by atoms with van der Waals surface area (Å²) in [4.78, 5) is 11.7. The predicted molar refractivity (Wildman–Crippen MR) is 118 cm³/mol. The minimum absolute atomic E-state index is 0.160. The lowest BCUT2D eigenvalue weighted by Gasteiger charge is -2.24. The molecule has 2 aromatic carbocycles. The molecule has 2 aliphatic rings. The zero-order valence-electron chi connectivity index (χ0n) is 19.2. The summed E-state index contributed by atoms with van der Waals surface area (Å²) in [6, 6.07) is 10.1. The van der Waals surface area contributed by atoms with Gasteiger partial charge >= 0.3 is 20.2 Å². The number of rotatable bonds is 4. The molecule has 0 saturated carbocycles. The Morgan fingerprint density at radius 3 is 2.22 bits per heavy atom. The third kappa shape index (κ3) is 6.23. The Hall–Kier alpha value is -2.59. The van der Waals surface area contributed by atoms with Crippen molar-refractivity contribution < 1.29 is 44.5 Å².